The highest BCUT2D eigenvalue weighted by atomic mass is 32.1. The van der Waals surface area contributed by atoms with Crippen molar-refractivity contribution in [2.24, 2.45) is 5.92 Å². The third kappa shape index (κ3) is 2.95. The van der Waals surface area contributed by atoms with E-state index in [9.17, 15) is 9.59 Å². The van der Waals surface area contributed by atoms with Gasteiger partial charge in [0.25, 0.3) is 5.91 Å². The predicted molar refractivity (Wildman–Crippen MR) is 79.2 cm³/mol. The smallest absolute Gasteiger partial charge is 0.306 e. The SMILES string of the molecule is O=C(NC1CC(C(=O)O)C1)c1ncc(-c2ccccc2)s1. The summed E-state index contributed by atoms with van der Waals surface area (Å²) in [6, 6.07) is 9.71. The molecule has 108 valence electrons. The molecule has 6 heteroatoms. The number of thiazole rings is 1. The number of benzene rings is 1. The average Bonchev–Trinajstić information content (AvgIpc) is 2.92. The fourth-order valence-electron chi connectivity index (χ4n) is 2.30. The summed E-state index contributed by atoms with van der Waals surface area (Å²) in [5.41, 5.74) is 1.03. The third-order valence-electron chi connectivity index (χ3n) is 3.58. The molecule has 1 aromatic carbocycles. The lowest BCUT2D eigenvalue weighted by Crippen LogP contribution is -2.46. The van der Waals surface area contributed by atoms with Gasteiger partial charge in [-0.1, -0.05) is 30.3 Å². The standard InChI is InChI=1S/C15H14N2O3S/c18-13(17-11-6-10(7-11)15(19)20)14-16-8-12(21-14)9-4-2-1-3-5-9/h1-5,8,10-11H,6-7H2,(H,17,18)(H,19,20). The van der Waals surface area contributed by atoms with Crippen molar-refractivity contribution in [3.8, 4) is 10.4 Å². The van der Waals surface area contributed by atoms with Gasteiger partial charge in [-0.15, -0.1) is 11.3 Å². The molecule has 1 saturated carbocycles. The van der Waals surface area contributed by atoms with Crippen LogP contribution in [0.25, 0.3) is 10.4 Å². The van der Waals surface area contributed by atoms with E-state index in [1.54, 1.807) is 6.20 Å². The molecule has 5 nitrogen and oxygen atoms in total. The van der Waals surface area contributed by atoms with E-state index in [0.717, 1.165) is 10.4 Å². The maximum atomic E-state index is 12.1. The molecule has 0 bridgehead atoms. The summed E-state index contributed by atoms with van der Waals surface area (Å²) in [5.74, 6) is -1.34. The molecule has 1 fully saturated rings. The van der Waals surface area contributed by atoms with E-state index in [1.165, 1.54) is 11.3 Å². The van der Waals surface area contributed by atoms with E-state index in [1.807, 2.05) is 30.3 Å². The maximum absolute atomic E-state index is 12.1. The van der Waals surface area contributed by atoms with Crippen LogP contribution in [0.4, 0.5) is 0 Å². The van der Waals surface area contributed by atoms with Gasteiger partial charge in [0.2, 0.25) is 0 Å². The van der Waals surface area contributed by atoms with Crippen LogP contribution in [-0.2, 0) is 4.79 Å². The van der Waals surface area contributed by atoms with Crippen molar-refractivity contribution in [2.45, 2.75) is 18.9 Å². The van der Waals surface area contributed by atoms with Gasteiger partial charge in [0.15, 0.2) is 5.01 Å². The molecule has 21 heavy (non-hydrogen) atoms. The van der Waals surface area contributed by atoms with Crippen molar-refractivity contribution >= 4 is 23.2 Å². The number of aliphatic carboxylic acids is 1. The second-order valence-corrected chi connectivity index (χ2v) is 6.10. The largest absolute Gasteiger partial charge is 0.481 e. The molecule has 1 heterocycles. The van der Waals surface area contributed by atoms with Gasteiger partial charge in [0.05, 0.1) is 10.8 Å². The highest BCUT2D eigenvalue weighted by Gasteiger charge is 2.35. The Morgan fingerprint density at radius 1 is 1.24 bits per heavy atom. The number of nitrogens with one attached hydrogen (secondary N) is 1. The van der Waals surface area contributed by atoms with Crippen LogP contribution in [0, 0.1) is 5.92 Å². The Hall–Kier alpha value is -2.21. The van der Waals surface area contributed by atoms with E-state index >= 15 is 0 Å². The molecule has 1 aliphatic carbocycles. The quantitative estimate of drug-likeness (QED) is 0.909. The topological polar surface area (TPSA) is 79.3 Å². The van der Waals surface area contributed by atoms with Gasteiger partial charge in [-0.25, -0.2) is 4.98 Å². The third-order valence-corrected chi connectivity index (χ3v) is 4.63. The minimum absolute atomic E-state index is 0.0531. The zero-order valence-corrected chi connectivity index (χ0v) is 12.0. The fraction of sp³-hybridized carbons (Fsp3) is 0.267. The lowest BCUT2D eigenvalue weighted by molar-refractivity contribution is -0.145. The molecule has 3 rings (SSSR count). The van der Waals surface area contributed by atoms with Crippen LogP contribution in [-0.4, -0.2) is 28.0 Å². The summed E-state index contributed by atoms with van der Waals surface area (Å²) in [7, 11) is 0. The van der Waals surface area contributed by atoms with Crippen molar-refractivity contribution in [3.63, 3.8) is 0 Å². The van der Waals surface area contributed by atoms with Crippen molar-refractivity contribution in [1.82, 2.24) is 10.3 Å². The Morgan fingerprint density at radius 3 is 2.62 bits per heavy atom. The second-order valence-electron chi connectivity index (χ2n) is 5.07. The van der Waals surface area contributed by atoms with Gasteiger partial charge in [0.1, 0.15) is 0 Å². The highest BCUT2D eigenvalue weighted by molar-refractivity contribution is 7.16. The molecule has 1 aromatic heterocycles. The van der Waals surface area contributed by atoms with Crippen LogP contribution in [0.2, 0.25) is 0 Å². The van der Waals surface area contributed by atoms with Gasteiger partial charge in [0, 0.05) is 12.2 Å². The van der Waals surface area contributed by atoms with Crippen molar-refractivity contribution < 1.29 is 14.7 Å². The van der Waals surface area contributed by atoms with E-state index < -0.39 is 5.97 Å². The fourth-order valence-corrected chi connectivity index (χ4v) is 3.12. The number of aromatic nitrogens is 1. The number of hydrogen-bond acceptors (Lipinski definition) is 4. The molecule has 0 unspecified atom stereocenters. The van der Waals surface area contributed by atoms with Crippen LogP contribution < -0.4 is 5.32 Å². The Balaban J connectivity index is 1.62. The molecule has 2 aromatic rings. The molecule has 0 saturated heterocycles. The number of hydrogen-bond donors (Lipinski definition) is 2. The summed E-state index contributed by atoms with van der Waals surface area (Å²) < 4.78 is 0. The van der Waals surface area contributed by atoms with E-state index in [4.69, 9.17) is 5.11 Å². The molecule has 0 atom stereocenters. The van der Waals surface area contributed by atoms with Crippen LogP contribution in [0.3, 0.4) is 0 Å². The average molecular weight is 302 g/mol. The lowest BCUT2D eigenvalue weighted by atomic mass is 9.80. The van der Waals surface area contributed by atoms with Crippen LogP contribution >= 0.6 is 11.3 Å². The number of carbonyl (C=O) groups is 2. The Kier molecular flexibility index (Phi) is 3.70. The van der Waals surface area contributed by atoms with Gasteiger partial charge >= 0.3 is 5.97 Å². The number of rotatable bonds is 4. The first-order valence-electron chi connectivity index (χ1n) is 6.68. The minimum Gasteiger partial charge on any atom is -0.481 e. The Bertz CT molecular complexity index is 663. The van der Waals surface area contributed by atoms with Crippen molar-refractivity contribution in [1.29, 1.82) is 0 Å². The minimum atomic E-state index is -0.791. The van der Waals surface area contributed by atoms with Gasteiger partial charge < -0.3 is 10.4 Å². The van der Waals surface area contributed by atoms with Crippen molar-refractivity contribution in [3.05, 3.63) is 41.5 Å². The van der Waals surface area contributed by atoms with Crippen LogP contribution in [0.15, 0.2) is 36.5 Å². The zero-order valence-electron chi connectivity index (χ0n) is 11.2. The molecule has 1 aliphatic rings. The van der Waals surface area contributed by atoms with E-state index in [-0.39, 0.29) is 17.9 Å². The molecule has 0 aliphatic heterocycles. The molecule has 2 N–H and O–H groups in total. The normalized spacial score (nSPS) is 20.6. The van der Waals surface area contributed by atoms with Crippen molar-refractivity contribution in [2.75, 3.05) is 0 Å². The monoisotopic (exact) mass is 302 g/mol. The van der Waals surface area contributed by atoms with E-state index in [0.29, 0.717) is 17.8 Å². The second kappa shape index (κ2) is 5.65. The highest BCUT2D eigenvalue weighted by Crippen LogP contribution is 2.29. The number of nitrogens with zero attached hydrogens (tertiary/aromatic N) is 1. The summed E-state index contributed by atoms with van der Waals surface area (Å²) in [4.78, 5) is 27.9. The summed E-state index contributed by atoms with van der Waals surface area (Å²) in [6.45, 7) is 0. The molecular weight excluding hydrogens is 288 g/mol. The number of carboxylic acid groups (broad SMARTS) is 1. The molecule has 0 radical (unpaired) electrons. The van der Waals surface area contributed by atoms with Crippen LogP contribution in [0.1, 0.15) is 22.6 Å². The van der Waals surface area contributed by atoms with Gasteiger partial charge in [-0.2, -0.15) is 0 Å². The number of carbonyl (C=O) groups excluding carboxylic acids is 1. The van der Waals surface area contributed by atoms with Crippen LogP contribution in [0.5, 0.6) is 0 Å². The Labute approximate surface area is 125 Å². The molecular formula is C15H14N2O3S. The Morgan fingerprint density at radius 2 is 1.95 bits per heavy atom. The predicted octanol–water partition coefficient (Wildman–Crippen LogP) is 2.40. The first-order chi connectivity index (χ1) is 10.1. The molecule has 0 spiro atoms. The molecule has 1 amide bonds. The van der Waals surface area contributed by atoms with Gasteiger partial charge in [-0.05, 0) is 18.4 Å². The first kappa shape index (κ1) is 13.8. The zero-order chi connectivity index (χ0) is 14.8. The maximum Gasteiger partial charge on any atom is 0.306 e. The van der Waals surface area contributed by atoms with E-state index in [2.05, 4.69) is 10.3 Å². The summed E-state index contributed by atoms with van der Waals surface area (Å²) >= 11 is 1.34. The summed E-state index contributed by atoms with van der Waals surface area (Å²) in [6.07, 6.45) is 2.69. The lowest BCUT2D eigenvalue weighted by Gasteiger charge is -2.32. The first-order valence-corrected chi connectivity index (χ1v) is 7.50. The number of amides is 1. The van der Waals surface area contributed by atoms with Gasteiger partial charge in [-0.3, -0.25) is 9.59 Å². The number of carboxylic acids is 1. The summed E-state index contributed by atoms with van der Waals surface area (Å²) in [5, 5.41) is 12.0.